The average molecular weight is 335 g/mol. The summed E-state index contributed by atoms with van der Waals surface area (Å²) in [6.07, 6.45) is -3.03. The van der Waals surface area contributed by atoms with E-state index in [0.717, 1.165) is 22.0 Å². The van der Waals surface area contributed by atoms with Gasteiger partial charge in [-0.15, -0.1) is 13.2 Å². The molecule has 1 aromatic heterocycles. The number of aromatic nitrogens is 1. The second-order valence-corrected chi connectivity index (χ2v) is 5.18. The zero-order valence-electron chi connectivity index (χ0n) is 12.2. The van der Waals surface area contributed by atoms with Crippen LogP contribution in [0.3, 0.4) is 0 Å². The van der Waals surface area contributed by atoms with Crippen molar-refractivity contribution in [2.24, 2.45) is 0 Å². The molecule has 3 rings (SSSR count). The van der Waals surface area contributed by atoms with E-state index in [0.29, 0.717) is 0 Å². The molecular formula is C17H12F3NO3. The molecule has 0 saturated carbocycles. The van der Waals surface area contributed by atoms with E-state index in [9.17, 15) is 18.0 Å². The van der Waals surface area contributed by atoms with Crippen LogP contribution in [0.1, 0.15) is 0 Å². The van der Waals surface area contributed by atoms with Crippen LogP contribution in [0, 0.1) is 0 Å². The third-order valence-electron chi connectivity index (χ3n) is 3.50. The van der Waals surface area contributed by atoms with E-state index in [-0.39, 0.29) is 12.3 Å². The lowest BCUT2D eigenvalue weighted by atomic mass is 10.0. The number of ether oxygens (including phenoxy) is 1. The van der Waals surface area contributed by atoms with Gasteiger partial charge in [-0.25, -0.2) is 0 Å². The molecule has 7 heteroatoms. The van der Waals surface area contributed by atoms with Crippen molar-refractivity contribution in [3.05, 3.63) is 54.7 Å². The van der Waals surface area contributed by atoms with Gasteiger partial charge in [0.15, 0.2) is 0 Å². The molecule has 4 nitrogen and oxygen atoms in total. The fourth-order valence-electron chi connectivity index (χ4n) is 2.51. The quantitative estimate of drug-likeness (QED) is 0.774. The molecule has 0 amide bonds. The number of nitrogens with zero attached hydrogens (tertiary/aromatic N) is 1. The minimum Gasteiger partial charge on any atom is -0.480 e. The normalized spacial score (nSPS) is 11.6. The van der Waals surface area contributed by atoms with Crippen LogP contribution in [0.5, 0.6) is 5.75 Å². The van der Waals surface area contributed by atoms with Gasteiger partial charge < -0.3 is 14.4 Å². The van der Waals surface area contributed by atoms with Crippen molar-refractivity contribution in [2.75, 3.05) is 0 Å². The first kappa shape index (κ1) is 15.9. The first-order valence-electron chi connectivity index (χ1n) is 6.99. The standard InChI is InChI=1S/C17H12F3NO3/c18-17(19,20)24-14-4-1-11(2-5-14)12-3-6-15-13(9-12)7-8-21(15)10-16(22)23/h1-9H,10H2,(H,22,23). The number of carboxylic acid groups (broad SMARTS) is 1. The molecule has 0 aliphatic carbocycles. The number of rotatable bonds is 4. The van der Waals surface area contributed by atoms with Gasteiger partial charge in [0.1, 0.15) is 12.3 Å². The van der Waals surface area contributed by atoms with Crippen molar-refractivity contribution in [3.8, 4) is 16.9 Å². The van der Waals surface area contributed by atoms with E-state index in [1.807, 2.05) is 6.07 Å². The van der Waals surface area contributed by atoms with Gasteiger partial charge in [0.2, 0.25) is 0 Å². The number of hydrogen-bond donors (Lipinski definition) is 1. The predicted molar refractivity (Wildman–Crippen MR) is 81.7 cm³/mol. The van der Waals surface area contributed by atoms with Crippen LogP contribution < -0.4 is 4.74 Å². The van der Waals surface area contributed by atoms with Crippen molar-refractivity contribution in [2.45, 2.75) is 12.9 Å². The van der Waals surface area contributed by atoms with Crippen LogP contribution in [0.4, 0.5) is 13.2 Å². The third-order valence-corrected chi connectivity index (χ3v) is 3.50. The SMILES string of the molecule is O=C(O)Cn1ccc2cc(-c3ccc(OC(F)(F)F)cc3)ccc21. The van der Waals surface area contributed by atoms with E-state index < -0.39 is 12.3 Å². The Morgan fingerprint density at radius 1 is 1.04 bits per heavy atom. The summed E-state index contributed by atoms with van der Waals surface area (Å²) in [6, 6.07) is 12.8. The van der Waals surface area contributed by atoms with Gasteiger partial charge in [0.05, 0.1) is 0 Å². The maximum absolute atomic E-state index is 12.2. The summed E-state index contributed by atoms with van der Waals surface area (Å²) in [5, 5.41) is 9.72. The Morgan fingerprint density at radius 2 is 1.71 bits per heavy atom. The van der Waals surface area contributed by atoms with Crippen LogP contribution in [0.2, 0.25) is 0 Å². The number of halogens is 3. The van der Waals surface area contributed by atoms with E-state index in [4.69, 9.17) is 5.11 Å². The molecule has 24 heavy (non-hydrogen) atoms. The smallest absolute Gasteiger partial charge is 0.480 e. The van der Waals surface area contributed by atoms with Crippen LogP contribution in [-0.4, -0.2) is 22.0 Å². The molecular weight excluding hydrogens is 323 g/mol. The second-order valence-electron chi connectivity index (χ2n) is 5.18. The lowest BCUT2D eigenvalue weighted by molar-refractivity contribution is -0.274. The fourth-order valence-corrected chi connectivity index (χ4v) is 2.51. The lowest BCUT2D eigenvalue weighted by Gasteiger charge is -2.09. The minimum absolute atomic E-state index is 0.133. The number of carboxylic acids is 1. The summed E-state index contributed by atoms with van der Waals surface area (Å²) in [7, 11) is 0. The average Bonchev–Trinajstić information content (AvgIpc) is 2.88. The highest BCUT2D eigenvalue weighted by molar-refractivity contribution is 5.86. The summed E-state index contributed by atoms with van der Waals surface area (Å²) in [6.45, 7) is -0.133. The maximum Gasteiger partial charge on any atom is 0.573 e. The molecule has 1 N–H and O–H groups in total. The largest absolute Gasteiger partial charge is 0.573 e. The monoisotopic (exact) mass is 335 g/mol. The molecule has 0 aliphatic rings. The Morgan fingerprint density at radius 3 is 2.33 bits per heavy atom. The van der Waals surface area contributed by atoms with Crippen molar-refractivity contribution in [1.29, 1.82) is 0 Å². The van der Waals surface area contributed by atoms with E-state index in [1.165, 1.54) is 24.3 Å². The predicted octanol–water partition coefficient (Wildman–Crippen LogP) is 4.29. The van der Waals surface area contributed by atoms with E-state index >= 15 is 0 Å². The van der Waals surface area contributed by atoms with Gasteiger partial charge in [-0.1, -0.05) is 18.2 Å². The molecule has 2 aromatic carbocycles. The molecule has 0 fully saturated rings. The van der Waals surface area contributed by atoms with Crippen molar-refractivity contribution < 1.29 is 27.8 Å². The Balaban J connectivity index is 1.88. The minimum atomic E-state index is -4.71. The third kappa shape index (κ3) is 3.51. The zero-order chi connectivity index (χ0) is 17.3. The lowest BCUT2D eigenvalue weighted by Crippen LogP contribution is -2.16. The summed E-state index contributed by atoms with van der Waals surface area (Å²) in [5.41, 5.74) is 2.32. The van der Waals surface area contributed by atoms with Gasteiger partial charge in [-0.05, 0) is 41.5 Å². The number of benzene rings is 2. The van der Waals surface area contributed by atoms with Crippen molar-refractivity contribution >= 4 is 16.9 Å². The number of carbonyl (C=O) groups is 1. The summed E-state index contributed by atoms with van der Waals surface area (Å²) < 4.78 is 42.0. The van der Waals surface area contributed by atoms with E-state index in [2.05, 4.69) is 4.74 Å². The molecule has 124 valence electrons. The van der Waals surface area contributed by atoms with Crippen molar-refractivity contribution in [1.82, 2.24) is 4.57 Å². The highest BCUT2D eigenvalue weighted by Gasteiger charge is 2.30. The molecule has 0 unspecified atom stereocenters. The van der Waals surface area contributed by atoms with Crippen molar-refractivity contribution in [3.63, 3.8) is 0 Å². The second kappa shape index (κ2) is 5.92. The highest BCUT2D eigenvalue weighted by Crippen LogP contribution is 2.28. The number of alkyl halides is 3. The molecule has 0 bridgehead atoms. The molecule has 0 atom stereocenters. The Hall–Kier alpha value is -2.96. The van der Waals surface area contributed by atoms with Crippen LogP contribution in [-0.2, 0) is 11.3 Å². The van der Waals surface area contributed by atoms with Gasteiger partial charge in [0.25, 0.3) is 0 Å². The van der Waals surface area contributed by atoms with Gasteiger partial charge in [-0.3, -0.25) is 4.79 Å². The van der Waals surface area contributed by atoms with Crippen LogP contribution >= 0.6 is 0 Å². The molecule has 0 aliphatic heterocycles. The molecule has 3 aromatic rings. The van der Waals surface area contributed by atoms with E-state index in [1.54, 1.807) is 29.0 Å². The zero-order valence-corrected chi connectivity index (χ0v) is 12.2. The molecule has 1 heterocycles. The summed E-state index contributed by atoms with van der Waals surface area (Å²) in [4.78, 5) is 10.8. The first-order valence-corrected chi connectivity index (χ1v) is 6.99. The van der Waals surface area contributed by atoms with Crippen LogP contribution in [0.25, 0.3) is 22.0 Å². The number of hydrogen-bond acceptors (Lipinski definition) is 2. The Bertz CT molecular complexity index is 882. The number of fused-ring (bicyclic) bond motifs is 1. The summed E-state index contributed by atoms with van der Waals surface area (Å²) >= 11 is 0. The Labute approximate surface area is 134 Å². The molecule has 0 radical (unpaired) electrons. The van der Waals surface area contributed by atoms with Crippen LogP contribution in [0.15, 0.2) is 54.7 Å². The topological polar surface area (TPSA) is 51.5 Å². The van der Waals surface area contributed by atoms with Gasteiger partial charge in [-0.2, -0.15) is 0 Å². The first-order chi connectivity index (χ1) is 11.3. The fraction of sp³-hybridized carbons (Fsp3) is 0.118. The maximum atomic E-state index is 12.2. The summed E-state index contributed by atoms with van der Waals surface area (Å²) in [5.74, 6) is -1.21. The highest BCUT2D eigenvalue weighted by atomic mass is 19.4. The number of aliphatic carboxylic acids is 1. The Kier molecular flexibility index (Phi) is 3.92. The molecule has 0 saturated heterocycles. The molecule has 0 spiro atoms. The van der Waals surface area contributed by atoms with Gasteiger partial charge in [0, 0.05) is 17.1 Å². The van der Waals surface area contributed by atoms with Gasteiger partial charge >= 0.3 is 12.3 Å².